The van der Waals surface area contributed by atoms with Crippen molar-refractivity contribution in [1.29, 1.82) is 0 Å². The van der Waals surface area contributed by atoms with Crippen LogP contribution >= 0.6 is 24.0 Å². The Morgan fingerprint density at radius 2 is 1.88 bits per heavy atom. The zero-order chi connectivity index (χ0) is 18.1. The first-order valence-electron chi connectivity index (χ1n) is 8.41. The number of halogens is 1. The van der Waals surface area contributed by atoms with Crippen LogP contribution in [0.4, 0.5) is 0 Å². The predicted octanol–water partition coefficient (Wildman–Crippen LogP) is 3.06. The molecule has 5 nitrogen and oxygen atoms in total. The second-order valence-electron chi connectivity index (χ2n) is 5.90. The molecule has 0 radical (unpaired) electrons. The monoisotopic (exact) mass is 469 g/mol. The lowest BCUT2D eigenvalue weighted by Crippen LogP contribution is -2.39. The Hall–Kier alpha value is -1.80. The SMILES string of the molecule is CN=C(NCc1ccc(C)c(OC)c1)NCC(CO)c1ccccc1.I. The third-order valence-corrected chi connectivity index (χ3v) is 4.16. The van der Waals surface area contributed by atoms with Gasteiger partial charge in [0, 0.05) is 26.1 Å². The number of nitrogens with one attached hydrogen (secondary N) is 2. The molecule has 2 aromatic rings. The molecule has 2 rings (SSSR count). The molecule has 26 heavy (non-hydrogen) atoms. The molecule has 0 aromatic heterocycles. The number of rotatable bonds is 7. The minimum atomic E-state index is 0. The van der Waals surface area contributed by atoms with Gasteiger partial charge in [-0.1, -0.05) is 42.5 Å². The highest BCUT2D eigenvalue weighted by atomic mass is 127. The third-order valence-electron chi connectivity index (χ3n) is 4.16. The van der Waals surface area contributed by atoms with Gasteiger partial charge in [-0.2, -0.15) is 0 Å². The van der Waals surface area contributed by atoms with Crippen LogP contribution in [0.15, 0.2) is 53.5 Å². The number of aliphatic hydroxyl groups is 1. The van der Waals surface area contributed by atoms with Crippen molar-refractivity contribution in [1.82, 2.24) is 10.6 Å². The minimum absolute atomic E-state index is 0. The fourth-order valence-electron chi connectivity index (χ4n) is 2.61. The van der Waals surface area contributed by atoms with E-state index in [-0.39, 0.29) is 36.5 Å². The minimum Gasteiger partial charge on any atom is -0.496 e. The Morgan fingerprint density at radius 1 is 1.15 bits per heavy atom. The molecular weight excluding hydrogens is 441 g/mol. The largest absolute Gasteiger partial charge is 0.496 e. The first-order valence-corrected chi connectivity index (χ1v) is 8.41. The summed E-state index contributed by atoms with van der Waals surface area (Å²) >= 11 is 0. The summed E-state index contributed by atoms with van der Waals surface area (Å²) in [5.41, 5.74) is 3.34. The van der Waals surface area contributed by atoms with E-state index in [1.807, 2.05) is 49.4 Å². The average Bonchev–Trinajstić information content (AvgIpc) is 2.66. The molecule has 0 amide bonds. The maximum Gasteiger partial charge on any atom is 0.191 e. The summed E-state index contributed by atoms with van der Waals surface area (Å²) in [5.74, 6) is 1.61. The number of methoxy groups -OCH3 is 1. The quantitative estimate of drug-likeness (QED) is 0.332. The first-order chi connectivity index (χ1) is 12.2. The van der Waals surface area contributed by atoms with Crippen LogP contribution in [0.5, 0.6) is 5.75 Å². The molecular formula is C20H28IN3O2. The van der Waals surface area contributed by atoms with Crippen LogP contribution in [0.25, 0.3) is 0 Å². The number of aliphatic imine (C=N–C) groups is 1. The summed E-state index contributed by atoms with van der Waals surface area (Å²) in [4.78, 5) is 4.24. The molecule has 0 spiro atoms. The van der Waals surface area contributed by atoms with Crippen LogP contribution < -0.4 is 15.4 Å². The lowest BCUT2D eigenvalue weighted by Gasteiger charge is -2.18. The van der Waals surface area contributed by atoms with E-state index in [1.54, 1.807) is 14.2 Å². The van der Waals surface area contributed by atoms with Crippen molar-refractivity contribution in [2.45, 2.75) is 19.4 Å². The third kappa shape index (κ3) is 6.49. The zero-order valence-corrected chi connectivity index (χ0v) is 17.9. The molecule has 0 fully saturated rings. The number of nitrogens with zero attached hydrogens (tertiary/aromatic N) is 1. The number of benzene rings is 2. The molecule has 0 saturated heterocycles. The van der Waals surface area contributed by atoms with E-state index in [0.717, 1.165) is 22.4 Å². The van der Waals surface area contributed by atoms with Gasteiger partial charge in [-0.15, -0.1) is 24.0 Å². The van der Waals surface area contributed by atoms with Crippen molar-refractivity contribution in [3.63, 3.8) is 0 Å². The van der Waals surface area contributed by atoms with Crippen LogP contribution in [-0.4, -0.2) is 38.4 Å². The van der Waals surface area contributed by atoms with Gasteiger partial charge in [0.05, 0.1) is 13.7 Å². The molecule has 0 saturated carbocycles. The Morgan fingerprint density at radius 3 is 2.50 bits per heavy atom. The fraction of sp³-hybridized carbons (Fsp3) is 0.350. The first kappa shape index (κ1) is 22.2. The lowest BCUT2D eigenvalue weighted by molar-refractivity contribution is 0.265. The van der Waals surface area contributed by atoms with Gasteiger partial charge in [0.25, 0.3) is 0 Å². The maximum atomic E-state index is 9.64. The smallest absolute Gasteiger partial charge is 0.191 e. The average molecular weight is 469 g/mol. The number of guanidine groups is 1. The number of aliphatic hydroxyl groups excluding tert-OH is 1. The molecule has 142 valence electrons. The van der Waals surface area contributed by atoms with Crippen molar-refractivity contribution in [3.8, 4) is 5.75 Å². The van der Waals surface area contributed by atoms with Gasteiger partial charge in [0.15, 0.2) is 5.96 Å². The Labute approximate surface area is 172 Å². The number of ether oxygens (including phenoxy) is 1. The molecule has 0 aliphatic carbocycles. The van der Waals surface area contributed by atoms with Crippen molar-refractivity contribution in [2.75, 3.05) is 27.3 Å². The standard InChI is InChI=1S/C20H27N3O2.HI/c1-15-9-10-16(11-19(15)25-3)12-22-20(21-2)23-13-18(14-24)17-7-5-4-6-8-17;/h4-11,18,24H,12-14H2,1-3H3,(H2,21,22,23);1H. The Bertz CT molecular complexity index is 693. The maximum absolute atomic E-state index is 9.64. The van der Waals surface area contributed by atoms with E-state index in [4.69, 9.17) is 4.74 Å². The molecule has 0 heterocycles. The number of hydrogen-bond donors (Lipinski definition) is 3. The van der Waals surface area contributed by atoms with Gasteiger partial charge < -0.3 is 20.5 Å². The molecule has 3 N–H and O–H groups in total. The van der Waals surface area contributed by atoms with Crippen LogP contribution in [0.1, 0.15) is 22.6 Å². The second kappa shape index (κ2) is 11.7. The molecule has 1 atom stereocenters. The van der Waals surface area contributed by atoms with Gasteiger partial charge in [-0.25, -0.2) is 0 Å². The Balaban J connectivity index is 0.00000338. The topological polar surface area (TPSA) is 65.9 Å². The Kier molecular flexibility index (Phi) is 10.0. The van der Waals surface area contributed by atoms with E-state index in [1.165, 1.54) is 0 Å². The van der Waals surface area contributed by atoms with Crippen molar-refractivity contribution in [2.24, 2.45) is 4.99 Å². The van der Waals surface area contributed by atoms with E-state index in [2.05, 4.69) is 21.7 Å². The molecule has 0 bridgehead atoms. The van der Waals surface area contributed by atoms with Crippen molar-refractivity contribution < 1.29 is 9.84 Å². The van der Waals surface area contributed by atoms with Gasteiger partial charge in [0.1, 0.15) is 5.75 Å². The van der Waals surface area contributed by atoms with E-state index >= 15 is 0 Å². The van der Waals surface area contributed by atoms with Gasteiger partial charge >= 0.3 is 0 Å². The molecule has 0 aliphatic heterocycles. The number of aryl methyl sites for hydroxylation is 1. The summed E-state index contributed by atoms with van der Waals surface area (Å²) < 4.78 is 5.36. The molecule has 1 unspecified atom stereocenters. The van der Waals surface area contributed by atoms with Crippen LogP contribution in [0.3, 0.4) is 0 Å². The van der Waals surface area contributed by atoms with Crippen LogP contribution in [-0.2, 0) is 6.54 Å². The van der Waals surface area contributed by atoms with Crippen molar-refractivity contribution in [3.05, 3.63) is 65.2 Å². The second-order valence-corrected chi connectivity index (χ2v) is 5.90. The van der Waals surface area contributed by atoms with Crippen LogP contribution in [0, 0.1) is 6.92 Å². The lowest BCUT2D eigenvalue weighted by atomic mass is 10.0. The predicted molar refractivity (Wildman–Crippen MR) is 118 cm³/mol. The van der Waals surface area contributed by atoms with Crippen LogP contribution in [0.2, 0.25) is 0 Å². The van der Waals surface area contributed by atoms with E-state index < -0.39 is 0 Å². The van der Waals surface area contributed by atoms with E-state index in [9.17, 15) is 5.11 Å². The van der Waals surface area contributed by atoms with Gasteiger partial charge in [-0.3, -0.25) is 4.99 Å². The normalized spacial score (nSPS) is 12.1. The molecule has 0 aliphatic rings. The summed E-state index contributed by atoms with van der Waals surface area (Å²) in [7, 11) is 3.42. The molecule has 6 heteroatoms. The highest BCUT2D eigenvalue weighted by Gasteiger charge is 2.11. The van der Waals surface area contributed by atoms with Crippen molar-refractivity contribution >= 4 is 29.9 Å². The summed E-state index contributed by atoms with van der Waals surface area (Å²) in [6.45, 7) is 3.36. The number of hydrogen-bond acceptors (Lipinski definition) is 3. The highest BCUT2D eigenvalue weighted by Crippen LogP contribution is 2.18. The highest BCUT2D eigenvalue weighted by molar-refractivity contribution is 14.0. The van der Waals surface area contributed by atoms with Gasteiger partial charge in [0.2, 0.25) is 0 Å². The zero-order valence-electron chi connectivity index (χ0n) is 15.5. The van der Waals surface area contributed by atoms with Gasteiger partial charge in [-0.05, 0) is 29.7 Å². The summed E-state index contributed by atoms with van der Waals surface area (Å²) in [6.07, 6.45) is 0. The fourth-order valence-corrected chi connectivity index (χ4v) is 2.61. The molecule has 2 aromatic carbocycles. The summed E-state index contributed by atoms with van der Waals surface area (Å²) in [5, 5.41) is 16.2. The summed E-state index contributed by atoms with van der Waals surface area (Å²) in [6, 6.07) is 16.1. The van der Waals surface area contributed by atoms with E-state index in [0.29, 0.717) is 19.0 Å².